The lowest BCUT2D eigenvalue weighted by molar-refractivity contribution is -0.144. The van der Waals surface area contributed by atoms with Crippen LogP contribution in [0.2, 0.25) is 0 Å². The number of hydrogen-bond donors (Lipinski definition) is 2. The zero-order valence-electron chi connectivity index (χ0n) is 9.63. The molecule has 0 aromatic heterocycles. The molecule has 0 aromatic rings. The molecular weight excluding hydrogens is 237 g/mol. The van der Waals surface area contributed by atoms with Crippen molar-refractivity contribution in [1.29, 1.82) is 0 Å². The number of hydrogen-bond acceptors (Lipinski definition) is 3. The fourth-order valence-electron chi connectivity index (χ4n) is 2.10. The summed E-state index contributed by atoms with van der Waals surface area (Å²) in [6, 6.07) is -0.182. The lowest BCUT2D eigenvalue weighted by atomic mass is 9.99. The minimum atomic E-state index is -4.18. The maximum Gasteiger partial charge on any atom is 0.390 e. The third-order valence-electron chi connectivity index (χ3n) is 3.32. The van der Waals surface area contributed by atoms with E-state index < -0.39 is 24.1 Å². The number of nitrogens with two attached hydrogens (primary N) is 1. The molecule has 3 N–H and O–H groups in total. The number of aliphatic carboxylic acids is 1. The van der Waals surface area contributed by atoms with Crippen molar-refractivity contribution in [3.05, 3.63) is 0 Å². The van der Waals surface area contributed by atoms with Gasteiger partial charge in [-0.05, 0) is 26.3 Å². The number of nitrogens with zero attached hydrogens (tertiary/aromatic N) is 1. The van der Waals surface area contributed by atoms with Gasteiger partial charge in [0, 0.05) is 12.6 Å². The van der Waals surface area contributed by atoms with E-state index in [1.807, 2.05) is 0 Å². The van der Waals surface area contributed by atoms with Gasteiger partial charge in [0.05, 0.1) is 6.42 Å². The van der Waals surface area contributed by atoms with Gasteiger partial charge in [0.25, 0.3) is 0 Å². The summed E-state index contributed by atoms with van der Waals surface area (Å²) in [5.41, 5.74) is 4.38. The minimum Gasteiger partial charge on any atom is -0.480 e. The fourth-order valence-corrected chi connectivity index (χ4v) is 2.10. The quantitative estimate of drug-likeness (QED) is 0.791. The number of carboxylic acid groups (broad SMARTS) is 1. The average Bonchev–Trinajstić information content (AvgIpc) is 2.58. The van der Waals surface area contributed by atoms with Crippen LogP contribution in [0.5, 0.6) is 0 Å². The highest BCUT2D eigenvalue weighted by molar-refractivity contribution is 5.79. The summed E-state index contributed by atoms with van der Waals surface area (Å²) in [4.78, 5) is 12.4. The Balaban J connectivity index is 2.46. The first-order valence-corrected chi connectivity index (χ1v) is 5.43. The van der Waals surface area contributed by atoms with E-state index in [4.69, 9.17) is 10.8 Å². The van der Waals surface area contributed by atoms with Gasteiger partial charge in [-0.25, -0.2) is 0 Å². The van der Waals surface area contributed by atoms with Gasteiger partial charge in [0.1, 0.15) is 5.54 Å². The maximum absolute atomic E-state index is 12.0. The molecular formula is C10H17F3N2O2. The molecule has 0 heterocycles. The smallest absolute Gasteiger partial charge is 0.390 e. The Kier molecular flexibility index (Phi) is 4.03. The standard InChI is InChI=1S/C10H17F3N2O2/c1-15(5-4-10(11,12)13)7-2-3-9(14,6-7)8(16)17/h7H,2-6,14H2,1H3,(H,16,17). The van der Waals surface area contributed by atoms with E-state index in [2.05, 4.69) is 0 Å². The van der Waals surface area contributed by atoms with Gasteiger partial charge in [0.15, 0.2) is 0 Å². The number of carboxylic acids is 1. The third kappa shape index (κ3) is 3.85. The fraction of sp³-hybridized carbons (Fsp3) is 0.900. The Bertz CT molecular complexity index is 296. The molecule has 1 saturated carbocycles. The number of halogens is 3. The van der Waals surface area contributed by atoms with Gasteiger partial charge in [-0.2, -0.15) is 13.2 Å². The van der Waals surface area contributed by atoms with Crippen LogP contribution in [-0.4, -0.2) is 47.3 Å². The molecule has 0 bridgehead atoms. The van der Waals surface area contributed by atoms with Crippen LogP contribution >= 0.6 is 0 Å². The topological polar surface area (TPSA) is 66.6 Å². The van der Waals surface area contributed by atoms with Crippen molar-refractivity contribution in [3.8, 4) is 0 Å². The van der Waals surface area contributed by atoms with Crippen molar-refractivity contribution in [3.63, 3.8) is 0 Å². The molecule has 0 aromatic carbocycles. The molecule has 1 aliphatic carbocycles. The van der Waals surface area contributed by atoms with Crippen molar-refractivity contribution in [1.82, 2.24) is 4.90 Å². The van der Waals surface area contributed by atoms with Crippen LogP contribution in [0.25, 0.3) is 0 Å². The second-order valence-corrected chi connectivity index (χ2v) is 4.70. The molecule has 0 radical (unpaired) electrons. The van der Waals surface area contributed by atoms with Crippen molar-refractivity contribution >= 4 is 5.97 Å². The summed E-state index contributed by atoms with van der Waals surface area (Å²) in [6.45, 7) is -0.121. The van der Waals surface area contributed by atoms with E-state index >= 15 is 0 Å². The second-order valence-electron chi connectivity index (χ2n) is 4.70. The SMILES string of the molecule is CN(CCC(F)(F)F)C1CCC(N)(C(=O)O)C1. The van der Waals surface area contributed by atoms with E-state index in [-0.39, 0.29) is 19.0 Å². The van der Waals surface area contributed by atoms with Crippen LogP contribution < -0.4 is 5.73 Å². The average molecular weight is 254 g/mol. The first-order valence-electron chi connectivity index (χ1n) is 5.43. The predicted octanol–water partition coefficient (Wildman–Crippen LogP) is 1.21. The summed E-state index contributed by atoms with van der Waals surface area (Å²) in [6.07, 6.45) is -4.03. The monoisotopic (exact) mass is 254 g/mol. The summed E-state index contributed by atoms with van der Waals surface area (Å²) in [7, 11) is 1.57. The molecule has 17 heavy (non-hydrogen) atoms. The predicted molar refractivity (Wildman–Crippen MR) is 55.5 cm³/mol. The molecule has 2 unspecified atom stereocenters. The van der Waals surface area contributed by atoms with Crippen LogP contribution in [0.15, 0.2) is 0 Å². The Morgan fingerprint density at radius 2 is 2.18 bits per heavy atom. The number of alkyl halides is 3. The Hall–Kier alpha value is -0.820. The molecule has 2 atom stereocenters. The van der Waals surface area contributed by atoms with Crippen molar-refractivity contribution in [2.45, 2.75) is 43.4 Å². The zero-order valence-corrected chi connectivity index (χ0v) is 9.63. The molecule has 0 amide bonds. The molecule has 7 heteroatoms. The summed E-state index contributed by atoms with van der Waals surface area (Å²) >= 11 is 0. The highest BCUT2D eigenvalue weighted by Crippen LogP contribution is 2.31. The lowest BCUT2D eigenvalue weighted by Gasteiger charge is -2.26. The van der Waals surface area contributed by atoms with Crippen LogP contribution in [0.1, 0.15) is 25.7 Å². The first kappa shape index (κ1) is 14.2. The van der Waals surface area contributed by atoms with Gasteiger partial charge in [-0.1, -0.05) is 0 Å². The van der Waals surface area contributed by atoms with Gasteiger partial charge < -0.3 is 15.7 Å². The molecule has 0 saturated heterocycles. The van der Waals surface area contributed by atoms with Crippen molar-refractivity contribution < 1.29 is 23.1 Å². The Labute approximate surface area is 97.6 Å². The summed E-state index contributed by atoms with van der Waals surface area (Å²) in [5, 5.41) is 8.91. The third-order valence-corrected chi connectivity index (χ3v) is 3.32. The van der Waals surface area contributed by atoms with Crippen molar-refractivity contribution in [2.24, 2.45) is 5.73 Å². The van der Waals surface area contributed by atoms with Crippen LogP contribution in [0.4, 0.5) is 13.2 Å². The second kappa shape index (κ2) is 4.81. The van der Waals surface area contributed by atoms with E-state index in [9.17, 15) is 18.0 Å². The first-order chi connectivity index (χ1) is 7.64. The van der Waals surface area contributed by atoms with E-state index in [0.29, 0.717) is 12.8 Å². The Morgan fingerprint density at radius 1 is 1.59 bits per heavy atom. The van der Waals surface area contributed by atoms with E-state index in [1.165, 1.54) is 0 Å². The highest BCUT2D eigenvalue weighted by atomic mass is 19.4. The van der Waals surface area contributed by atoms with Gasteiger partial charge in [-0.3, -0.25) is 4.79 Å². The van der Waals surface area contributed by atoms with Crippen molar-refractivity contribution in [2.75, 3.05) is 13.6 Å². The molecule has 1 fully saturated rings. The van der Waals surface area contributed by atoms with Gasteiger partial charge in [0.2, 0.25) is 0 Å². The molecule has 1 aliphatic rings. The number of carbonyl (C=O) groups is 1. The summed E-state index contributed by atoms with van der Waals surface area (Å²) < 4.78 is 36.1. The molecule has 0 spiro atoms. The van der Waals surface area contributed by atoms with E-state index in [0.717, 1.165) is 0 Å². The highest BCUT2D eigenvalue weighted by Gasteiger charge is 2.43. The normalized spacial score (nSPS) is 29.9. The van der Waals surface area contributed by atoms with Gasteiger partial charge in [-0.15, -0.1) is 0 Å². The Morgan fingerprint density at radius 3 is 2.59 bits per heavy atom. The van der Waals surface area contributed by atoms with Crippen LogP contribution in [-0.2, 0) is 4.79 Å². The number of rotatable bonds is 4. The van der Waals surface area contributed by atoms with Crippen LogP contribution in [0, 0.1) is 0 Å². The van der Waals surface area contributed by atoms with Gasteiger partial charge >= 0.3 is 12.1 Å². The molecule has 1 rings (SSSR count). The largest absolute Gasteiger partial charge is 0.480 e. The van der Waals surface area contributed by atoms with Crippen LogP contribution in [0.3, 0.4) is 0 Å². The lowest BCUT2D eigenvalue weighted by Crippen LogP contribution is -2.47. The minimum absolute atomic E-state index is 0.121. The molecule has 100 valence electrons. The van der Waals surface area contributed by atoms with E-state index in [1.54, 1.807) is 11.9 Å². The zero-order chi connectivity index (χ0) is 13.3. The maximum atomic E-state index is 12.0. The molecule has 4 nitrogen and oxygen atoms in total. The molecule has 0 aliphatic heterocycles. The summed E-state index contributed by atoms with van der Waals surface area (Å²) in [5.74, 6) is -1.08.